The number of rotatable bonds is 9. The van der Waals surface area contributed by atoms with E-state index in [2.05, 4.69) is 12.1 Å². The first kappa shape index (κ1) is 14.2. The van der Waals surface area contributed by atoms with Gasteiger partial charge in [-0.3, -0.25) is 0 Å². The van der Waals surface area contributed by atoms with Gasteiger partial charge in [0, 0.05) is 33.0 Å². The number of methoxy groups -OCH3 is 1. The zero-order chi connectivity index (χ0) is 12.3. The predicted molar refractivity (Wildman–Crippen MR) is 70.1 cm³/mol. The van der Waals surface area contributed by atoms with E-state index >= 15 is 0 Å². The minimum absolute atomic E-state index is 0.180. The van der Waals surface area contributed by atoms with Crippen LogP contribution < -0.4 is 5.73 Å². The molecule has 1 unspecified atom stereocenters. The Bertz CT molecular complexity index is 277. The van der Waals surface area contributed by atoms with Crippen molar-refractivity contribution in [2.75, 3.05) is 26.9 Å². The van der Waals surface area contributed by atoms with Crippen molar-refractivity contribution in [3.8, 4) is 0 Å². The molecule has 0 aliphatic rings. The van der Waals surface area contributed by atoms with Crippen molar-refractivity contribution in [1.82, 2.24) is 0 Å². The molecule has 1 aromatic rings. The minimum Gasteiger partial charge on any atom is -0.385 e. The van der Waals surface area contributed by atoms with Crippen LogP contribution in [0.15, 0.2) is 30.3 Å². The lowest BCUT2D eigenvalue weighted by Gasteiger charge is -2.11. The maximum atomic E-state index is 6.04. The molecule has 96 valence electrons. The third-order valence-electron chi connectivity index (χ3n) is 2.61. The summed E-state index contributed by atoms with van der Waals surface area (Å²) in [5.41, 5.74) is 7.33. The lowest BCUT2D eigenvalue weighted by molar-refractivity contribution is 0.0984. The highest BCUT2D eigenvalue weighted by molar-refractivity contribution is 5.15. The summed E-state index contributed by atoms with van der Waals surface area (Å²) in [6.07, 6.45) is 2.77. The topological polar surface area (TPSA) is 44.5 Å². The van der Waals surface area contributed by atoms with Gasteiger partial charge in [-0.25, -0.2) is 0 Å². The van der Waals surface area contributed by atoms with Gasteiger partial charge in [0.2, 0.25) is 0 Å². The van der Waals surface area contributed by atoms with E-state index in [0.29, 0.717) is 0 Å². The lowest BCUT2D eigenvalue weighted by atomic mass is 10.0. The zero-order valence-corrected chi connectivity index (χ0v) is 10.6. The number of ether oxygens (including phenoxy) is 2. The predicted octanol–water partition coefficient (Wildman–Crippen LogP) is 2.00. The first-order valence-corrected chi connectivity index (χ1v) is 6.19. The molecule has 0 aliphatic heterocycles. The summed E-state index contributed by atoms with van der Waals surface area (Å²) in [5.74, 6) is 0. The summed E-state index contributed by atoms with van der Waals surface area (Å²) in [5, 5.41) is 0. The molecule has 0 aliphatic carbocycles. The molecule has 0 saturated carbocycles. The van der Waals surface area contributed by atoms with E-state index in [1.165, 1.54) is 5.56 Å². The van der Waals surface area contributed by atoms with Crippen LogP contribution in [0.5, 0.6) is 0 Å². The highest BCUT2D eigenvalue weighted by Crippen LogP contribution is 2.04. The van der Waals surface area contributed by atoms with E-state index in [-0.39, 0.29) is 6.04 Å². The SMILES string of the molecule is COCCCOCCC(N)Cc1ccccc1. The van der Waals surface area contributed by atoms with Crippen LogP contribution in [0, 0.1) is 0 Å². The van der Waals surface area contributed by atoms with Gasteiger partial charge >= 0.3 is 0 Å². The summed E-state index contributed by atoms with van der Waals surface area (Å²) in [6, 6.07) is 10.5. The van der Waals surface area contributed by atoms with E-state index in [9.17, 15) is 0 Å². The molecule has 3 nitrogen and oxygen atoms in total. The first-order chi connectivity index (χ1) is 8.33. The average molecular weight is 237 g/mol. The second-order valence-corrected chi connectivity index (χ2v) is 4.20. The molecule has 0 aromatic heterocycles. The fourth-order valence-corrected chi connectivity index (χ4v) is 1.66. The van der Waals surface area contributed by atoms with Crippen LogP contribution in [-0.2, 0) is 15.9 Å². The number of benzene rings is 1. The van der Waals surface area contributed by atoms with Gasteiger partial charge in [-0.1, -0.05) is 30.3 Å². The fraction of sp³-hybridized carbons (Fsp3) is 0.571. The van der Waals surface area contributed by atoms with Crippen LogP contribution in [0.2, 0.25) is 0 Å². The molecule has 0 spiro atoms. The monoisotopic (exact) mass is 237 g/mol. The Morgan fingerprint density at radius 2 is 1.88 bits per heavy atom. The smallest absolute Gasteiger partial charge is 0.0487 e. The van der Waals surface area contributed by atoms with Crippen LogP contribution in [0.4, 0.5) is 0 Å². The van der Waals surface area contributed by atoms with Gasteiger partial charge < -0.3 is 15.2 Å². The first-order valence-electron chi connectivity index (χ1n) is 6.19. The Labute approximate surface area is 104 Å². The van der Waals surface area contributed by atoms with E-state index in [1.807, 2.05) is 18.2 Å². The maximum absolute atomic E-state index is 6.04. The largest absolute Gasteiger partial charge is 0.385 e. The average Bonchev–Trinajstić information content (AvgIpc) is 2.35. The van der Waals surface area contributed by atoms with E-state index in [0.717, 1.165) is 39.1 Å². The van der Waals surface area contributed by atoms with Gasteiger partial charge in [-0.15, -0.1) is 0 Å². The Morgan fingerprint density at radius 1 is 1.12 bits per heavy atom. The Balaban J connectivity index is 2.03. The molecule has 2 N–H and O–H groups in total. The van der Waals surface area contributed by atoms with Crippen molar-refractivity contribution in [1.29, 1.82) is 0 Å². The molecule has 0 radical (unpaired) electrons. The Kier molecular flexibility index (Phi) is 7.63. The Morgan fingerprint density at radius 3 is 2.59 bits per heavy atom. The summed E-state index contributed by atoms with van der Waals surface area (Å²) in [4.78, 5) is 0. The highest BCUT2D eigenvalue weighted by Gasteiger charge is 2.03. The number of hydrogen-bond donors (Lipinski definition) is 1. The van der Waals surface area contributed by atoms with Crippen LogP contribution in [0.3, 0.4) is 0 Å². The molecule has 3 heteroatoms. The van der Waals surface area contributed by atoms with Crippen LogP contribution in [0.25, 0.3) is 0 Å². The van der Waals surface area contributed by atoms with Crippen molar-refractivity contribution in [2.45, 2.75) is 25.3 Å². The van der Waals surface area contributed by atoms with Crippen LogP contribution in [-0.4, -0.2) is 33.0 Å². The van der Waals surface area contributed by atoms with Gasteiger partial charge in [0.25, 0.3) is 0 Å². The second kappa shape index (κ2) is 9.16. The fourth-order valence-electron chi connectivity index (χ4n) is 1.66. The second-order valence-electron chi connectivity index (χ2n) is 4.20. The quantitative estimate of drug-likeness (QED) is 0.668. The van der Waals surface area contributed by atoms with E-state index < -0.39 is 0 Å². The molecular formula is C14H23NO2. The van der Waals surface area contributed by atoms with E-state index in [4.69, 9.17) is 15.2 Å². The normalized spacial score (nSPS) is 12.6. The van der Waals surface area contributed by atoms with Crippen molar-refractivity contribution < 1.29 is 9.47 Å². The van der Waals surface area contributed by atoms with Crippen molar-refractivity contribution >= 4 is 0 Å². The molecule has 1 rings (SSSR count). The van der Waals surface area contributed by atoms with Crippen LogP contribution in [0.1, 0.15) is 18.4 Å². The summed E-state index contributed by atoms with van der Waals surface area (Å²) >= 11 is 0. The van der Waals surface area contributed by atoms with Crippen molar-refractivity contribution in [3.05, 3.63) is 35.9 Å². The molecule has 0 fully saturated rings. The van der Waals surface area contributed by atoms with Crippen molar-refractivity contribution in [2.24, 2.45) is 5.73 Å². The van der Waals surface area contributed by atoms with Gasteiger partial charge in [0.05, 0.1) is 0 Å². The van der Waals surface area contributed by atoms with Gasteiger partial charge in [0.1, 0.15) is 0 Å². The molecular weight excluding hydrogens is 214 g/mol. The number of nitrogens with two attached hydrogens (primary N) is 1. The van der Waals surface area contributed by atoms with Gasteiger partial charge in [-0.05, 0) is 24.8 Å². The maximum Gasteiger partial charge on any atom is 0.0487 e. The molecule has 0 amide bonds. The molecule has 17 heavy (non-hydrogen) atoms. The molecule has 0 heterocycles. The molecule has 1 aromatic carbocycles. The Hall–Kier alpha value is -0.900. The molecule has 0 saturated heterocycles. The zero-order valence-electron chi connectivity index (χ0n) is 10.6. The third-order valence-corrected chi connectivity index (χ3v) is 2.61. The summed E-state index contributed by atoms with van der Waals surface area (Å²) in [6.45, 7) is 2.25. The summed E-state index contributed by atoms with van der Waals surface area (Å²) < 4.78 is 10.4. The van der Waals surface area contributed by atoms with Gasteiger partial charge in [0.15, 0.2) is 0 Å². The van der Waals surface area contributed by atoms with Crippen molar-refractivity contribution in [3.63, 3.8) is 0 Å². The standard InChI is InChI=1S/C14H23NO2/c1-16-9-5-10-17-11-8-14(15)12-13-6-3-2-4-7-13/h2-4,6-7,14H,5,8-12,15H2,1H3. The molecule has 0 bridgehead atoms. The summed E-state index contributed by atoms with van der Waals surface area (Å²) in [7, 11) is 1.70. The van der Waals surface area contributed by atoms with E-state index in [1.54, 1.807) is 7.11 Å². The minimum atomic E-state index is 0.180. The van der Waals surface area contributed by atoms with Gasteiger partial charge in [-0.2, -0.15) is 0 Å². The molecule has 1 atom stereocenters. The highest BCUT2D eigenvalue weighted by atomic mass is 16.5. The third kappa shape index (κ3) is 7.10. The van der Waals surface area contributed by atoms with Crippen LogP contribution >= 0.6 is 0 Å². The number of hydrogen-bond acceptors (Lipinski definition) is 3. The lowest BCUT2D eigenvalue weighted by Crippen LogP contribution is -2.24.